The number of piperazine rings is 1. The summed E-state index contributed by atoms with van der Waals surface area (Å²) in [6, 6.07) is 8.74. The van der Waals surface area contributed by atoms with Crippen LogP contribution in [0, 0.1) is 6.92 Å². The van der Waals surface area contributed by atoms with Crippen LogP contribution in [-0.4, -0.2) is 69.9 Å². The molecule has 0 aliphatic carbocycles. The Morgan fingerprint density at radius 3 is 2.78 bits per heavy atom. The van der Waals surface area contributed by atoms with E-state index in [-0.39, 0.29) is 36.9 Å². The number of aromatic nitrogens is 3. The number of alkyl halides is 3. The molecule has 1 amide bonds. The summed E-state index contributed by atoms with van der Waals surface area (Å²) >= 11 is 1.22. The number of aliphatic imine (C=N–C) groups is 1. The number of thiazole rings is 1. The van der Waals surface area contributed by atoms with Gasteiger partial charge in [0.1, 0.15) is 6.17 Å². The second-order valence-electron chi connectivity index (χ2n) is 11.8. The van der Waals surface area contributed by atoms with E-state index in [1.54, 1.807) is 23.1 Å². The van der Waals surface area contributed by atoms with E-state index in [1.807, 2.05) is 24.3 Å². The van der Waals surface area contributed by atoms with Gasteiger partial charge in [-0.3, -0.25) is 20.0 Å². The monoisotopic (exact) mass is 636 g/mol. The highest BCUT2D eigenvalue weighted by atomic mass is 32.1. The molecule has 3 N–H and O–H groups in total. The molecule has 13 heteroatoms. The maximum atomic E-state index is 14.6. The van der Waals surface area contributed by atoms with Crippen LogP contribution in [0.15, 0.2) is 53.2 Å². The van der Waals surface area contributed by atoms with Gasteiger partial charge in [0, 0.05) is 86.1 Å². The molecule has 0 saturated carbocycles. The Morgan fingerprint density at radius 2 is 2.02 bits per heavy atom. The van der Waals surface area contributed by atoms with Gasteiger partial charge in [0.15, 0.2) is 11.2 Å². The lowest BCUT2D eigenvalue weighted by atomic mass is 9.92. The first-order valence-corrected chi connectivity index (χ1v) is 15.9. The van der Waals surface area contributed by atoms with Crippen molar-refractivity contribution in [2.24, 2.45) is 4.99 Å². The first kappa shape index (κ1) is 29.5. The molecule has 0 radical (unpaired) electrons. The fourth-order valence-corrected chi connectivity index (χ4v) is 7.26. The summed E-state index contributed by atoms with van der Waals surface area (Å²) < 4.78 is 45.0. The summed E-state index contributed by atoms with van der Waals surface area (Å²) in [6.07, 6.45) is 1.51. The van der Waals surface area contributed by atoms with Gasteiger partial charge >= 0.3 is 0 Å². The highest BCUT2D eigenvalue weighted by Crippen LogP contribution is 2.38. The number of nitrogens with one attached hydrogen (secondary N) is 1. The molecule has 2 aromatic heterocycles. The van der Waals surface area contributed by atoms with Crippen molar-refractivity contribution in [1.82, 2.24) is 19.4 Å². The third-order valence-electron chi connectivity index (χ3n) is 9.11. The molecule has 5 heterocycles. The van der Waals surface area contributed by atoms with Crippen molar-refractivity contribution in [3.8, 4) is 11.1 Å². The number of hydrogen-bond acceptors (Lipinski definition) is 8. The molecule has 3 unspecified atom stereocenters. The van der Waals surface area contributed by atoms with Crippen LogP contribution in [0.25, 0.3) is 11.1 Å². The van der Waals surface area contributed by atoms with Crippen molar-refractivity contribution in [1.29, 1.82) is 0 Å². The molecule has 7 rings (SSSR count). The zero-order valence-electron chi connectivity index (χ0n) is 24.7. The zero-order valence-corrected chi connectivity index (χ0v) is 25.5. The molecule has 9 nitrogen and oxygen atoms in total. The van der Waals surface area contributed by atoms with Gasteiger partial charge in [0.2, 0.25) is 0 Å². The number of hydrogen-bond donors (Lipinski definition) is 2. The second kappa shape index (κ2) is 11.9. The minimum atomic E-state index is -2.85. The minimum absolute atomic E-state index is 0. The molecule has 0 spiro atoms. The molecule has 4 aromatic rings. The number of carbonyl (C=O) groups is 1. The first-order valence-electron chi connectivity index (χ1n) is 15.0. The Kier molecular flexibility index (Phi) is 7.82. The Morgan fingerprint density at radius 1 is 1.20 bits per heavy atom. The second-order valence-corrected chi connectivity index (χ2v) is 12.7. The number of carbonyl (C=O) groups excluding carboxylic acids is 1. The lowest BCUT2D eigenvalue weighted by Crippen LogP contribution is -2.46. The molecule has 2 bridgehead atoms. The van der Waals surface area contributed by atoms with Crippen LogP contribution >= 0.6 is 11.3 Å². The predicted octanol–water partition coefficient (Wildman–Crippen LogP) is 5.67. The highest BCUT2D eigenvalue weighted by molar-refractivity contribution is 7.13. The number of benzene rings is 2. The van der Waals surface area contributed by atoms with Crippen molar-refractivity contribution >= 4 is 40.0 Å². The number of fused-ring (bicyclic) bond motifs is 3. The fourth-order valence-electron chi connectivity index (χ4n) is 6.73. The quantitative estimate of drug-likeness (QED) is 0.191. The molecule has 236 valence electrons. The van der Waals surface area contributed by atoms with Crippen molar-refractivity contribution < 1.29 is 19.4 Å². The average molecular weight is 637 g/mol. The largest absolute Gasteiger partial charge is 0.398 e. The molecule has 2 fully saturated rings. The molecule has 2 saturated heterocycles. The van der Waals surface area contributed by atoms with Crippen LogP contribution < -0.4 is 16.0 Å². The van der Waals surface area contributed by atoms with Crippen molar-refractivity contribution in [3.05, 3.63) is 76.3 Å². The lowest BCUT2D eigenvalue weighted by molar-refractivity contribution is -0.117. The molecule has 3 aliphatic rings. The van der Waals surface area contributed by atoms with Gasteiger partial charge in [-0.2, -0.15) is 0 Å². The van der Waals surface area contributed by atoms with Crippen LogP contribution in [0.2, 0.25) is 0 Å². The van der Waals surface area contributed by atoms with E-state index < -0.39 is 24.5 Å². The van der Waals surface area contributed by atoms with Gasteiger partial charge in [0.25, 0.3) is 12.3 Å². The lowest BCUT2D eigenvalue weighted by Gasteiger charge is -2.36. The first-order chi connectivity index (χ1) is 21.8. The van der Waals surface area contributed by atoms with Crippen molar-refractivity contribution in [2.75, 3.05) is 42.1 Å². The summed E-state index contributed by atoms with van der Waals surface area (Å²) in [7, 11) is 0. The van der Waals surface area contributed by atoms with E-state index in [4.69, 9.17) is 5.73 Å². The average Bonchev–Trinajstić information content (AvgIpc) is 3.83. The topological polar surface area (TPSA) is 105 Å². The summed E-state index contributed by atoms with van der Waals surface area (Å²) in [5.74, 6) is -0.561. The van der Waals surface area contributed by atoms with E-state index >= 15 is 0 Å². The molecule has 4 atom stereocenters. The Hall–Kier alpha value is -4.23. The summed E-state index contributed by atoms with van der Waals surface area (Å²) in [5, 5.41) is 4.76. The number of halogens is 3. The summed E-state index contributed by atoms with van der Waals surface area (Å²) in [4.78, 5) is 31.3. The Labute approximate surface area is 264 Å². The maximum Gasteiger partial charge on any atom is 0.264 e. The third kappa shape index (κ3) is 5.59. The molecule has 45 heavy (non-hydrogen) atoms. The van der Waals surface area contributed by atoms with Crippen LogP contribution in [0.5, 0.6) is 0 Å². The van der Waals surface area contributed by atoms with Gasteiger partial charge in [-0.15, -0.1) is 11.3 Å². The summed E-state index contributed by atoms with van der Waals surface area (Å²) in [5.41, 5.74) is 10.4. The fraction of sp³-hybridized carbons (Fsp3) is 0.375. The van der Waals surface area contributed by atoms with E-state index in [1.165, 1.54) is 29.9 Å². The third-order valence-corrected chi connectivity index (χ3v) is 9.80. The number of nitrogens with zero attached hydrogens (tertiary/aromatic N) is 6. The number of imidazole rings is 1. The number of anilines is 3. The molecule has 3 aliphatic heterocycles. The van der Waals surface area contributed by atoms with Crippen LogP contribution in [-0.2, 0) is 17.8 Å². The standard InChI is InChI=1S/C32H33F3N8OS.H2/c1-18-23(19-2-4-21(5-3-19)43-10-9-41-8-6-22(43)16-41)13-24(30(34)35)25(27(18)36)14-38-29(31(44)40-32-37-7-11-45-32)28-26-12-20(33)15-42(26)17-39-28;/h2-5,7,11,13-14,17,20,22,29-30H,6,8-10,12,15-16,36H2,1H3,(H,37,40,44);1H/t20-,22?,29?;/m1./s1. The number of nitrogen functional groups attached to an aromatic ring is 1. The predicted molar refractivity (Wildman–Crippen MR) is 172 cm³/mol. The zero-order chi connectivity index (χ0) is 31.2. The van der Waals surface area contributed by atoms with Crippen LogP contribution in [0.1, 0.15) is 48.4 Å². The Balaban J connectivity index is 0.00000372. The van der Waals surface area contributed by atoms with Crippen molar-refractivity contribution in [3.63, 3.8) is 0 Å². The maximum absolute atomic E-state index is 14.6. The Bertz CT molecular complexity index is 1750. The minimum Gasteiger partial charge on any atom is -0.398 e. The van der Waals surface area contributed by atoms with E-state index in [9.17, 15) is 18.0 Å². The van der Waals surface area contributed by atoms with Gasteiger partial charge in [-0.1, -0.05) is 12.1 Å². The smallest absolute Gasteiger partial charge is 0.264 e. The van der Waals surface area contributed by atoms with Gasteiger partial charge in [-0.25, -0.2) is 23.1 Å². The van der Waals surface area contributed by atoms with E-state index in [0.29, 0.717) is 28.0 Å². The normalized spacial score (nSPS) is 21.5. The highest BCUT2D eigenvalue weighted by Gasteiger charge is 2.33. The number of amides is 1. The van der Waals surface area contributed by atoms with Gasteiger partial charge < -0.3 is 15.2 Å². The summed E-state index contributed by atoms with van der Waals surface area (Å²) in [6.45, 7) is 6.14. The number of nitrogens with two attached hydrogens (primary N) is 1. The molecular weight excluding hydrogens is 601 g/mol. The van der Waals surface area contributed by atoms with Gasteiger partial charge in [-0.05, 0) is 48.2 Å². The SMILES string of the molecule is Cc1c(-c2ccc(N3CCN4CCC3C4)cc2)cc(C(F)F)c(C=NC(C(=O)Nc2nccs2)c2ncn3c2C[C@@H](F)C3)c1N.[HH]. The van der Waals surface area contributed by atoms with Crippen LogP contribution in [0.3, 0.4) is 0 Å². The molecular formula is C32H35F3N8OS. The van der Waals surface area contributed by atoms with E-state index in [2.05, 4.69) is 30.1 Å². The van der Waals surface area contributed by atoms with Crippen LogP contribution in [0.4, 0.5) is 29.7 Å². The van der Waals surface area contributed by atoms with Crippen molar-refractivity contribution in [2.45, 2.75) is 51.0 Å². The molecule has 2 aromatic carbocycles. The van der Waals surface area contributed by atoms with Gasteiger partial charge in [0.05, 0.1) is 18.6 Å². The number of rotatable bonds is 8. The van der Waals surface area contributed by atoms with E-state index in [0.717, 1.165) is 43.9 Å².